The van der Waals surface area contributed by atoms with Crippen LogP contribution in [0.1, 0.15) is 0 Å². The topological polar surface area (TPSA) is 155 Å². The first-order valence-electron chi connectivity index (χ1n) is 1.37. The summed E-state index contributed by atoms with van der Waals surface area (Å²) in [5, 5.41) is 0. The Morgan fingerprint density at radius 3 is 0.818 bits per heavy atom. The van der Waals surface area contributed by atoms with Crippen LogP contribution >= 0.6 is 0 Å². The Kier molecular flexibility index (Phi) is 9.97. The molecule has 0 aliphatic rings. The van der Waals surface area contributed by atoms with Gasteiger partial charge in [-0.15, -0.1) is 0 Å². The first-order valence-corrected chi connectivity index (χ1v) is 4.10. The molecular weight excluding hydrogens is 399 g/mol. The molecule has 0 heterocycles. The molecule has 0 saturated heterocycles. The van der Waals surface area contributed by atoms with Gasteiger partial charge in [0.05, 0.1) is 0 Å². The molecular formula is H2O8PbS2. The number of hydrogen-bond donors (Lipinski definition) is 2. The molecule has 0 unspecified atom stereocenters. The van der Waals surface area contributed by atoms with E-state index in [4.69, 9.17) is 35.0 Å². The van der Waals surface area contributed by atoms with E-state index in [9.17, 15) is 0 Å². The zero-order valence-corrected chi connectivity index (χ0v) is 10.2. The molecule has 11 heteroatoms. The van der Waals surface area contributed by atoms with Crippen LogP contribution in [-0.4, -0.2) is 62.3 Å². The van der Waals surface area contributed by atoms with E-state index in [-0.39, 0.29) is 27.3 Å². The van der Waals surface area contributed by atoms with Gasteiger partial charge in [-0.05, 0) is 0 Å². The largest absolute Gasteiger partial charge is 2.00 e. The maximum Gasteiger partial charge on any atom is 2.00 e. The molecule has 0 saturated carbocycles. The van der Waals surface area contributed by atoms with Gasteiger partial charge in [0.2, 0.25) is 20.8 Å². The molecule has 0 aliphatic heterocycles. The van der Waals surface area contributed by atoms with E-state index in [0.717, 1.165) is 0 Å². The quantitative estimate of drug-likeness (QED) is 0.259. The molecule has 0 fully saturated rings. The third-order valence-electron chi connectivity index (χ3n) is 0. The van der Waals surface area contributed by atoms with Gasteiger partial charge in [-0.1, -0.05) is 0 Å². The Morgan fingerprint density at radius 1 is 0.818 bits per heavy atom. The van der Waals surface area contributed by atoms with Gasteiger partial charge in [-0.25, -0.2) is 16.8 Å². The van der Waals surface area contributed by atoms with Gasteiger partial charge >= 0.3 is 27.3 Å². The average Bonchev–Trinajstić information content (AvgIpc) is 1.12. The summed E-state index contributed by atoms with van der Waals surface area (Å²) in [6, 6.07) is 0. The van der Waals surface area contributed by atoms with E-state index >= 15 is 0 Å². The van der Waals surface area contributed by atoms with Crippen molar-refractivity contribution in [2.45, 2.75) is 0 Å². The van der Waals surface area contributed by atoms with Crippen LogP contribution in [0, 0.1) is 0 Å². The molecule has 0 amide bonds. The van der Waals surface area contributed by atoms with Crippen LogP contribution in [0.25, 0.3) is 0 Å². The van der Waals surface area contributed by atoms with E-state index in [0.29, 0.717) is 0 Å². The fourth-order valence-electron chi connectivity index (χ4n) is 0. The summed E-state index contributed by atoms with van der Waals surface area (Å²) in [6.45, 7) is 0. The van der Waals surface area contributed by atoms with Gasteiger partial charge in [-0.3, -0.25) is 9.11 Å². The Balaban J connectivity index is -0.000000107. The second-order valence-electron chi connectivity index (χ2n) is 0.855. The second-order valence-corrected chi connectivity index (χ2v) is 2.57. The van der Waals surface area contributed by atoms with Crippen LogP contribution in [0.3, 0.4) is 0 Å². The minimum atomic E-state index is -4.92. The van der Waals surface area contributed by atoms with Gasteiger partial charge < -0.3 is 9.11 Å². The minimum absolute atomic E-state index is 0. The van der Waals surface area contributed by atoms with Crippen LogP contribution in [-0.2, 0) is 20.8 Å². The molecule has 0 aromatic carbocycles. The van der Waals surface area contributed by atoms with Crippen molar-refractivity contribution in [1.82, 2.24) is 0 Å². The van der Waals surface area contributed by atoms with Crippen molar-refractivity contribution in [1.29, 1.82) is 0 Å². The second kappa shape index (κ2) is 6.21. The van der Waals surface area contributed by atoms with E-state index in [2.05, 4.69) is 0 Å². The Labute approximate surface area is 82.9 Å². The molecule has 2 radical (unpaired) electrons. The standard InChI is InChI=1S/2H2O4S.Pb/c2*1-5(2,3)4;/h2*(H2,1,2,3,4);/q;;+2/p-2. The summed E-state index contributed by atoms with van der Waals surface area (Å²) in [5.41, 5.74) is 0. The number of hydrogen-bond acceptors (Lipinski definition) is 6. The molecule has 0 spiro atoms. The normalized spacial score (nSPS) is 10.5. The van der Waals surface area contributed by atoms with Crippen molar-refractivity contribution in [2.75, 3.05) is 0 Å². The van der Waals surface area contributed by atoms with Crippen LogP contribution in [0.15, 0.2) is 0 Å². The van der Waals surface area contributed by atoms with E-state index in [1.54, 1.807) is 0 Å². The molecule has 11 heavy (non-hydrogen) atoms. The third kappa shape index (κ3) is 1830. The van der Waals surface area contributed by atoms with Crippen LogP contribution < -0.4 is 0 Å². The third-order valence-corrected chi connectivity index (χ3v) is 0. The van der Waals surface area contributed by atoms with Crippen molar-refractivity contribution < 1.29 is 35.0 Å². The fraction of sp³-hybridized carbons (Fsp3) is 0. The Morgan fingerprint density at radius 2 is 0.818 bits per heavy atom. The maximum absolute atomic E-state index is 8.63. The van der Waals surface area contributed by atoms with Gasteiger partial charge in [0.15, 0.2) is 0 Å². The summed E-state index contributed by atoms with van der Waals surface area (Å²) < 4.78 is 65.7. The van der Waals surface area contributed by atoms with Crippen molar-refractivity contribution in [2.24, 2.45) is 0 Å². The molecule has 0 aliphatic carbocycles. The summed E-state index contributed by atoms with van der Waals surface area (Å²) >= 11 is 0. The molecule has 66 valence electrons. The summed E-state index contributed by atoms with van der Waals surface area (Å²) in [5.74, 6) is 0. The zero-order valence-electron chi connectivity index (χ0n) is 4.66. The molecule has 8 nitrogen and oxygen atoms in total. The molecule has 0 atom stereocenters. The van der Waals surface area contributed by atoms with Crippen LogP contribution in [0.2, 0.25) is 0 Å². The van der Waals surface area contributed by atoms with E-state index < -0.39 is 20.8 Å². The molecule has 2 N–H and O–H groups in total. The van der Waals surface area contributed by atoms with Gasteiger partial charge in [-0.2, -0.15) is 0 Å². The van der Waals surface area contributed by atoms with Crippen LogP contribution in [0.5, 0.6) is 0 Å². The zero-order chi connectivity index (χ0) is 9.00. The van der Waals surface area contributed by atoms with Gasteiger partial charge in [0.25, 0.3) is 0 Å². The van der Waals surface area contributed by atoms with Gasteiger partial charge in [0, 0.05) is 0 Å². The minimum Gasteiger partial charge on any atom is -0.726 e. The monoisotopic (exact) mass is 402 g/mol. The van der Waals surface area contributed by atoms with Crippen molar-refractivity contribution in [3.63, 3.8) is 0 Å². The predicted octanol–water partition coefficient (Wildman–Crippen LogP) is -2.37. The van der Waals surface area contributed by atoms with Crippen LogP contribution in [0.4, 0.5) is 0 Å². The fourth-order valence-corrected chi connectivity index (χ4v) is 0. The number of rotatable bonds is 0. The average molecular weight is 401 g/mol. The van der Waals surface area contributed by atoms with Crippen molar-refractivity contribution >= 4 is 48.1 Å². The molecule has 0 rings (SSSR count). The SMILES string of the molecule is O=S(=O)([O-])O.O=S(=O)([O-])O.[Pb+2]. The first-order chi connectivity index (χ1) is 4.00. The Hall–Kier alpha value is 0.662. The van der Waals surface area contributed by atoms with Crippen molar-refractivity contribution in [3.05, 3.63) is 0 Å². The van der Waals surface area contributed by atoms with E-state index in [1.165, 1.54) is 0 Å². The first kappa shape index (κ1) is 17.7. The molecule has 0 bridgehead atoms. The molecule has 0 aromatic heterocycles. The maximum atomic E-state index is 8.63. The smallest absolute Gasteiger partial charge is 0.726 e. The van der Waals surface area contributed by atoms with E-state index in [1.807, 2.05) is 0 Å². The molecule has 0 aromatic rings. The van der Waals surface area contributed by atoms with Gasteiger partial charge in [0.1, 0.15) is 0 Å². The Bertz CT molecular complexity index is 208. The summed E-state index contributed by atoms with van der Waals surface area (Å²) in [4.78, 5) is 0. The summed E-state index contributed by atoms with van der Waals surface area (Å²) in [7, 11) is -9.83. The summed E-state index contributed by atoms with van der Waals surface area (Å²) in [6.07, 6.45) is 0. The predicted molar refractivity (Wildman–Crippen MR) is 30.4 cm³/mol. The van der Waals surface area contributed by atoms with Crippen molar-refractivity contribution in [3.8, 4) is 0 Å².